The predicted molar refractivity (Wildman–Crippen MR) is 122 cm³/mol. The van der Waals surface area contributed by atoms with Crippen LogP contribution in [0.15, 0.2) is 5.16 Å². The number of rotatable bonds is 9. The third-order valence-corrected chi connectivity index (χ3v) is 7.05. The van der Waals surface area contributed by atoms with Gasteiger partial charge in [-0.3, -0.25) is 0 Å². The molecule has 0 amide bonds. The molecule has 0 unspecified atom stereocenters. The Bertz CT molecular complexity index is 799. The Kier molecular flexibility index (Phi) is 7.23. The molecule has 0 saturated heterocycles. The van der Waals surface area contributed by atoms with E-state index in [2.05, 4.69) is 51.8 Å². The fraction of sp³-hybridized carbons (Fsp3) is 0.714. The first-order chi connectivity index (χ1) is 13.3. The molecule has 2 aromatic rings. The quantitative estimate of drug-likeness (QED) is 0.341. The molecule has 0 radical (unpaired) electrons. The van der Waals surface area contributed by atoms with E-state index in [0.29, 0.717) is 11.9 Å². The fourth-order valence-corrected chi connectivity index (χ4v) is 5.44. The molecule has 1 aliphatic rings. The van der Waals surface area contributed by atoms with E-state index >= 15 is 0 Å². The van der Waals surface area contributed by atoms with E-state index in [1.165, 1.54) is 15.8 Å². The lowest BCUT2D eigenvalue weighted by molar-refractivity contribution is -0.0379. The van der Waals surface area contributed by atoms with Crippen LogP contribution in [-0.2, 0) is 17.8 Å². The van der Waals surface area contributed by atoms with Gasteiger partial charge in [0.05, 0.1) is 17.6 Å². The summed E-state index contributed by atoms with van der Waals surface area (Å²) in [4.78, 5) is 14.7. The Morgan fingerprint density at radius 1 is 1.25 bits per heavy atom. The minimum absolute atomic E-state index is 0.133. The summed E-state index contributed by atoms with van der Waals surface area (Å²) >= 11 is 3.50. The van der Waals surface area contributed by atoms with Crippen molar-refractivity contribution in [2.75, 3.05) is 31.5 Å². The molecule has 2 aromatic heterocycles. The number of hydrogen-bond donors (Lipinski definition) is 1. The van der Waals surface area contributed by atoms with Crippen molar-refractivity contribution in [1.82, 2.24) is 14.9 Å². The molecule has 1 aliphatic heterocycles. The molecule has 3 heterocycles. The number of thiophene rings is 1. The second kappa shape index (κ2) is 9.28. The maximum Gasteiger partial charge on any atom is 0.191 e. The smallest absolute Gasteiger partial charge is 0.191 e. The number of nitrogens with zero attached hydrogens (tertiary/aromatic N) is 3. The van der Waals surface area contributed by atoms with Crippen LogP contribution in [0.5, 0.6) is 0 Å². The molecule has 0 atom stereocenters. The molecular weight excluding hydrogens is 388 g/mol. The molecule has 0 fully saturated rings. The zero-order chi connectivity index (χ0) is 20.3. The molecule has 0 aliphatic carbocycles. The molecule has 1 N–H and O–H groups in total. The van der Waals surface area contributed by atoms with Crippen LogP contribution in [0.4, 0.5) is 5.82 Å². The van der Waals surface area contributed by atoms with Gasteiger partial charge in [0.15, 0.2) is 5.16 Å². The third kappa shape index (κ3) is 5.17. The van der Waals surface area contributed by atoms with Crippen molar-refractivity contribution >= 4 is 39.1 Å². The monoisotopic (exact) mass is 422 g/mol. The number of anilines is 1. The highest BCUT2D eigenvalue weighted by Gasteiger charge is 2.31. The second-order valence-electron chi connectivity index (χ2n) is 8.24. The van der Waals surface area contributed by atoms with Gasteiger partial charge in [-0.1, -0.05) is 39.5 Å². The largest absolute Gasteiger partial charge is 0.370 e. The Morgan fingerprint density at radius 2 is 2.00 bits per heavy atom. The number of ether oxygens (including phenoxy) is 1. The molecule has 0 bridgehead atoms. The van der Waals surface area contributed by atoms with Crippen LogP contribution in [0.1, 0.15) is 58.4 Å². The maximum atomic E-state index is 6.04. The van der Waals surface area contributed by atoms with E-state index in [1.54, 1.807) is 23.1 Å². The van der Waals surface area contributed by atoms with Gasteiger partial charge in [0, 0.05) is 23.1 Å². The first-order valence-electron chi connectivity index (χ1n) is 10.4. The average Bonchev–Trinajstić information content (AvgIpc) is 2.97. The maximum absolute atomic E-state index is 6.04. The van der Waals surface area contributed by atoms with Crippen molar-refractivity contribution in [2.24, 2.45) is 0 Å². The van der Waals surface area contributed by atoms with E-state index in [-0.39, 0.29) is 5.60 Å². The van der Waals surface area contributed by atoms with Crippen molar-refractivity contribution in [3.63, 3.8) is 0 Å². The lowest BCUT2D eigenvalue weighted by Gasteiger charge is -2.30. The van der Waals surface area contributed by atoms with Gasteiger partial charge >= 0.3 is 0 Å². The molecule has 7 heteroatoms. The van der Waals surface area contributed by atoms with Crippen molar-refractivity contribution in [3.05, 3.63) is 10.4 Å². The Morgan fingerprint density at radius 3 is 2.68 bits per heavy atom. The Balaban J connectivity index is 1.88. The van der Waals surface area contributed by atoms with Gasteiger partial charge in [0.2, 0.25) is 0 Å². The zero-order valence-corrected chi connectivity index (χ0v) is 19.7. The highest BCUT2D eigenvalue weighted by atomic mass is 32.2. The zero-order valence-electron chi connectivity index (χ0n) is 18.1. The van der Waals surface area contributed by atoms with Crippen molar-refractivity contribution in [3.8, 4) is 0 Å². The molecule has 5 nitrogen and oxygen atoms in total. The predicted octanol–water partition coefficient (Wildman–Crippen LogP) is 5.19. The van der Waals surface area contributed by atoms with Gasteiger partial charge in [-0.05, 0) is 45.5 Å². The molecule has 0 aromatic carbocycles. The van der Waals surface area contributed by atoms with Gasteiger partial charge in [0.1, 0.15) is 10.6 Å². The molecule has 3 rings (SSSR count). The Hall–Kier alpha value is -0.890. The van der Waals surface area contributed by atoms with Gasteiger partial charge in [-0.15, -0.1) is 11.3 Å². The standard InChI is InChI=1S/C21H34N4OS2/c1-7-25(8-2)11-9-10-22-18-17-15-12-21(5,6)26-13-16(15)28-19(17)24-20(23-18)27-14(3)4/h14H,7-13H2,1-6H3,(H,22,23,24). The molecular formula is C21H34N4OS2. The van der Waals surface area contributed by atoms with E-state index < -0.39 is 0 Å². The topological polar surface area (TPSA) is 50.3 Å². The second-order valence-corrected chi connectivity index (χ2v) is 10.9. The first kappa shape index (κ1) is 21.8. The molecule has 156 valence electrons. The minimum atomic E-state index is -0.133. The molecule has 28 heavy (non-hydrogen) atoms. The number of aromatic nitrogens is 2. The molecule has 0 spiro atoms. The van der Waals surface area contributed by atoms with Crippen LogP contribution in [0.2, 0.25) is 0 Å². The van der Waals surface area contributed by atoms with Crippen LogP contribution < -0.4 is 5.32 Å². The van der Waals surface area contributed by atoms with Crippen LogP contribution in [0, 0.1) is 0 Å². The summed E-state index contributed by atoms with van der Waals surface area (Å²) in [6.45, 7) is 18.1. The normalized spacial score (nSPS) is 16.1. The lowest BCUT2D eigenvalue weighted by Crippen LogP contribution is -2.31. The van der Waals surface area contributed by atoms with Crippen molar-refractivity contribution < 1.29 is 4.74 Å². The summed E-state index contributed by atoms with van der Waals surface area (Å²) < 4.78 is 6.04. The summed E-state index contributed by atoms with van der Waals surface area (Å²) in [5.41, 5.74) is 1.25. The third-order valence-electron chi connectivity index (χ3n) is 5.09. The van der Waals surface area contributed by atoms with E-state index in [1.807, 2.05) is 0 Å². The number of hydrogen-bond acceptors (Lipinski definition) is 7. The summed E-state index contributed by atoms with van der Waals surface area (Å²) in [6, 6.07) is 0. The first-order valence-corrected chi connectivity index (χ1v) is 12.1. The van der Waals surface area contributed by atoms with Gasteiger partial charge in [-0.2, -0.15) is 0 Å². The lowest BCUT2D eigenvalue weighted by atomic mass is 9.94. The van der Waals surface area contributed by atoms with Crippen molar-refractivity contribution in [1.29, 1.82) is 0 Å². The highest BCUT2D eigenvalue weighted by Crippen LogP contribution is 2.41. The summed E-state index contributed by atoms with van der Waals surface area (Å²) in [7, 11) is 0. The average molecular weight is 423 g/mol. The summed E-state index contributed by atoms with van der Waals surface area (Å²) in [6.07, 6.45) is 2.03. The molecule has 0 saturated carbocycles. The fourth-order valence-electron chi connectivity index (χ4n) is 3.57. The van der Waals surface area contributed by atoms with Gasteiger partial charge in [-0.25, -0.2) is 9.97 Å². The number of fused-ring (bicyclic) bond motifs is 3. The Labute approximate surface area is 177 Å². The van der Waals surface area contributed by atoms with E-state index in [4.69, 9.17) is 14.7 Å². The summed E-state index contributed by atoms with van der Waals surface area (Å²) in [5, 5.41) is 6.19. The van der Waals surface area contributed by atoms with Crippen LogP contribution in [0.3, 0.4) is 0 Å². The number of thioether (sulfide) groups is 1. The summed E-state index contributed by atoms with van der Waals surface area (Å²) in [5.74, 6) is 1.00. The van der Waals surface area contributed by atoms with Gasteiger partial charge < -0.3 is 15.0 Å². The van der Waals surface area contributed by atoms with Crippen LogP contribution in [-0.4, -0.2) is 51.9 Å². The SMILES string of the molecule is CCN(CC)CCCNc1nc(SC(C)C)nc2sc3c(c12)CC(C)(C)OC3. The van der Waals surface area contributed by atoms with Gasteiger partial charge in [0.25, 0.3) is 0 Å². The minimum Gasteiger partial charge on any atom is -0.370 e. The number of nitrogens with one attached hydrogen (secondary N) is 1. The van der Waals surface area contributed by atoms with Crippen molar-refractivity contribution in [2.45, 2.75) is 77.0 Å². The highest BCUT2D eigenvalue weighted by molar-refractivity contribution is 7.99. The van der Waals surface area contributed by atoms with E-state index in [9.17, 15) is 0 Å². The van der Waals surface area contributed by atoms with E-state index in [0.717, 1.165) is 54.8 Å². The van der Waals surface area contributed by atoms with Crippen LogP contribution >= 0.6 is 23.1 Å². The van der Waals surface area contributed by atoms with Crippen LogP contribution in [0.25, 0.3) is 10.2 Å².